The summed E-state index contributed by atoms with van der Waals surface area (Å²) in [4.78, 5) is 84.7. The fourth-order valence-corrected chi connectivity index (χ4v) is 16.1. The van der Waals surface area contributed by atoms with Gasteiger partial charge in [-0.3, -0.25) is 38.4 Å². The number of rotatable bonds is 36. The number of hydrogen-bond acceptors (Lipinski definition) is 28. The quantitative estimate of drug-likeness (QED) is 0.00812. The van der Waals surface area contributed by atoms with Crippen molar-refractivity contribution < 1.29 is 161 Å². The molecule has 20 rings (SSSR count). The molecule has 14 unspecified atom stereocenters. The van der Waals surface area contributed by atoms with Crippen LogP contribution >= 0.6 is 0 Å². The van der Waals surface area contributed by atoms with E-state index in [0.717, 1.165) is 114 Å². The number of benzene rings is 2. The third kappa shape index (κ3) is 65.2. The van der Waals surface area contributed by atoms with Crippen molar-refractivity contribution in [3.8, 4) is 0 Å². The Morgan fingerprint density at radius 1 is 0.390 bits per heavy atom. The van der Waals surface area contributed by atoms with Gasteiger partial charge in [0.05, 0.1) is 147 Å². The zero-order valence-electron chi connectivity index (χ0n) is 85.8. The van der Waals surface area contributed by atoms with Crippen LogP contribution in [0.5, 0.6) is 0 Å². The molecule has 4 aromatic rings. The molecule has 2 aromatic heterocycles. The van der Waals surface area contributed by atoms with Crippen LogP contribution in [0.15, 0.2) is 130 Å². The number of carbonyl (C=O) groups is 8. The second-order valence-corrected chi connectivity index (χ2v) is 36.9. The third-order valence-corrected chi connectivity index (χ3v) is 24.8. The van der Waals surface area contributed by atoms with Crippen molar-refractivity contribution in [2.45, 2.75) is 384 Å². The number of esters is 8. The number of cyclic esters (lactones) is 6. The van der Waals surface area contributed by atoms with Crippen LogP contribution < -0.4 is 0 Å². The maximum atomic E-state index is 10.9. The molecule has 34 heteroatoms. The summed E-state index contributed by atoms with van der Waals surface area (Å²) in [6, 6.07) is 27.5. The summed E-state index contributed by atoms with van der Waals surface area (Å²) in [5, 5.41) is 18.9. The number of epoxide rings is 6. The van der Waals surface area contributed by atoms with Crippen molar-refractivity contribution in [3.05, 3.63) is 183 Å². The smallest absolute Gasteiger partial charge is 0.129 e. The first kappa shape index (κ1) is 130. The van der Waals surface area contributed by atoms with Crippen LogP contribution in [0.3, 0.4) is 0 Å². The molecule has 2 aromatic carbocycles. The summed E-state index contributed by atoms with van der Waals surface area (Å²) in [7, 11) is 0. The number of aliphatic hydroxyl groups excluding tert-OH is 2. The second-order valence-electron chi connectivity index (χ2n) is 36.9. The average molecular weight is 2050 g/mol. The van der Waals surface area contributed by atoms with Gasteiger partial charge in [-0.15, -0.1) is 0 Å². The van der Waals surface area contributed by atoms with Crippen molar-refractivity contribution in [3.63, 3.8) is 0 Å². The Balaban J connectivity index is 0.000000405. The van der Waals surface area contributed by atoms with Gasteiger partial charge in [-0.05, 0) is 150 Å². The van der Waals surface area contributed by atoms with Crippen LogP contribution in [0.1, 0.15) is 326 Å². The molecule has 12 saturated heterocycles. The molecule has 0 bridgehead atoms. The average Bonchev–Trinajstić information content (AvgIpc) is 1.81. The van der Waals surface area contributed by atoms with Crippen molar-refractivity contribution in [2.24, 2.45) is 17.8 Å². The van der Waals surface area contributed by atoms with Gasteiger partial charge in [0, 0.05) is 38.5 Å². The fourth-order valence-electron chi connectivity index (χ4n) is 16.1. The molecular formula is C112H156O34. The van der Waals surface area contributed by atoms with Crippen LogP contribution in [0, 0.1) is 57.7 Å². The topological polar surface area (TPSA) is 490 Å². The van der Waals surface area contributed by atoms with E-state index in [1.165, 1.54) is 165 Å². The number of carbonyl (C=O) groups excluding carboxylic acids is 8. The Morgan fingerprint density at radius 2 is 0.774 bits per heavy atom. The summed E-state index contributed by atoms with van der Waals surface area (Å²) >= 11 is 0. The van der Waals surface area contributed by atoms with Crippen LogP contribution in [-0.4, -0.2) is 198 Å². The summed E-state index contributed by atoms with van der Waals surface area (Å²) in [6.07, 6.45) is 54.4. The molecule has 16 aliphatic rings. The van der Waals surface area contributed by atoms with Crippen molar-refractivity contribution in [2.75, 3.05) is 72.7 Å². The van der Waals surface area contributed by atoms with E-state index in [4.69, 9.17) is 113 Å². The van der Waals surface area contributed by atoms with Crippen LogP contribution in [0.2, 0.25) is 0 Å². The number of aliphatic hydroxyl groups is 2. The van der Waals surface area contributed by atoms with E-state index in [9.17, 15) is 48.6 Å². The van der Waals surface area contributed by atoms with E-state index >= 15 is 0 Å². The molecule has 4 saturated carbocycles. The van der Waals surface area contributed by atoms with Crippen molar-refractivity contribution in [1.29, 1.82) is 0 Å². The van der Waals surface area contributed by atoms with E-state index in [2.05, 4.69) is 78.0 Å². The minimum absolute atomic E-state index is 0.000531. The van der Waals surface area contributed by atoms with Crippen molar-refractivity contribution in [1.82, 2.24) is 0 Å². The van der Waals surface area contributed by atoms with Gasteiger partial charge in [0.1, 0.15) is 80.0 Å². The van der Waals surface area contributed by atoms with E-state index in [1.54, 1.807) is 18.1 Å². The Morgan fingerprint density at radius 3 is 1.14 bits per heavy atom. The maximum Gasteiger partial charge on any atom is 0.129 e. The largest absolute Gasteiger partial charge is 0.467 e. The van der Waals surface area contributed by atoms with Crippen LogP contribution in [-0.2, 0) is 155 Å². The van der Waals surface area contributed by atoms with Crippen molar-refractivity contribution >= 4 is 47.8 Å². The molecule has 14 atom stereocenters. The second kappa shape index (κ2) is 84.1. The van der Waals surface area contributed by atoms with Gasteiger partial charge in [0.25, 0.3) is 0 Å². The Hall–Kier alpha value is -9.72. The molecule has 0 amide bonds. The fraction of sp³-hybridized carbons (Fsp3) is 0.661. The third-order valence-electron chi connectivity index (χ3n) is 24.8. The summed E-state index contributed by atoms with van der Waals surface area (Å²) < 4.78 is 135. The summed E-state index contributed by atoms with van der Waals surface area (Å²) in [5.41, 5.74) is 5.52. The monoisotopic (exact) mass is 2050 g/mol. The number of unbranched alkanes of at least 4 members (excludes halogenated alkanes) is 4. The van der Waals surface area contributed by atoms with Gasteiger partial charge < -0.3 is 94.8 Å². The molecule has 14 heterocycles. The minimum atomic E-state index is -0.287. The standard InChI is InChI=1S/C10H18O3.C10H14O2.C9H10O4.C9H14O4.C9H14O2.C9H8O2.C9H18O2.C9H14O.C8H10O3.C8H14O3.C8H14O.C8H8O.6CO/c1-2-3-4-5-8(11)6-9-7-10(12)13-9;11-10-9(7-12-10)6-8-4-2-1-3-5-8;10-9-4-8(13-9)6-11-5-7-2-1-3-12-7;1-2-3-8(10)12-5-4-7-6-9(11)13-7;2*10-9-6-8(11-9)7-4-2-1-3-5-7;1-2-3-4-5-8(10)6-9-7-11-9;1-2-4-8(5-3-1)6-9-7-10-9;1-2-7(10-3-1)4-9-5-8-6-11-8;1-2-3-8(9)10-5-4-7-6-11-7;2*1-2-4-7(5-3-1)8-6-9-8;6*1-2/h8-9,11H,2-7H2,1H3;6,9H,1-5,7H2;1-3,8H,4-6H2;7H,2-6H2,1H3;7-8H,1-6H2;1-5,8H,6H2;8-10H,2-7H2,1H3;6,9H,1-5,7H2;1-3,8H,4-6H2;7H,2-6H2,1H3;7-8H,1-6H2;1-5,8H,6H2;;;;;;. The van der Waals surface area contributed by atoms with Gasteiger partial charge in [-0.2, -0.15) is 0 Å². The summed E-state index contributed by atoms with van der Waals surface area (Å²) in [5.74, 6) is 2.55. The molecular weight excluding hydrogens is 1890 g/mol. The Bertz CT molecular complexity index is 4150. The molecule has 2 N–H and O–H groups in total. The predicted molar refractivity (Wildman–Crippen MR) is 522 cm³/mol. The molecule has 12 aliphatic heterocycles. The molecule has 146 heavy (non-hydrogen) atoms. The molecule has 16 fully saturated rings. The maximum absolute atomic E-state index is 10.9. The predicted octanol–water partition coefficient (Wildman–Crippen LogP) is 19.2. The van der Waals surface area contributed by atoms with Gasteiger partial charge in [0.2, 0.25) is 0 Å². The van der Waals surface area contributed by atoms with Gasteiger partial charge in [0.15, 0.2) is 0 Å². The van der Waals surface area contributed by atoms with Gasteiger partial charge in [-0.25, -0.2) is 0 Å². The van der Waals surface area contributed by atoms with Gasteiger partial charge >= 0.3 is 116 Å². The Labute approximate surface area is 861 Å². The number of allylic oxidation sites excluding steroid dienone is 2. The zero-order chi connectivity index (χ0) is 107. The van der Waals surface area contributed by atoms with E-state index in [-0.39, 0.29) is 90.3 Å². The molecule has 34 nitrogen and oxygen atoms in total. The molecule has 0 spiro atoms. The Kier molecular flexibility index (Phi) is 75.2. The molecule has 4 aliphatic carbocycles. The zero-order valence-corrected chi connectivity index (χ0v) is 85.8. The van der Waals surface area contributed by atoms with E-state index in [0.29, 0.717) is 153 Å². The normalized spacial score (nSPS) is 23.5. The first-order valence-electron chi connectivity index (χ1n) is 51.8. The van der Waals surface area contributed by atoms with Crippen LogP contribution in [0.4, 0.5) is 0 Å². The SMILES string of the molecule is C(=C1CCCCC1)C1CO1.C1CCC(C2CO2)CC1.CCCC(=O)OCCC1CC(=O)O1.CCCC(=O)OCCC1CO1.CCCCCC(O)CC1CC(=O)O1.CCCCCC(O)CC1CO1.O=C1CC(C2CCCCC2)O1.O=C1CC(COCc2ccco2)O1.O=C1CC(c2ccccc2)O1.O=C1OCC1C=C1CCCCC1.[C-]#[O+].[C-]#[O+].[C-]#[O+].[C-]#[O+].[C-]#[O+].[C-]#[O+].c1ccc(C2CO2)cc1.c1coc(COCC2CO2)c1. The number of ether oxygens (including phenoxy) is 16. The van der Waals surface area contributed by atoms with Gasteiger partial charge in [-0.1, -0.05) is 202 Å². The summed E-state index contributed by atoms with van der Waals surface area (Å²) in [6.45, 7) is 44.3. The molecule has 0 radical (unpaired) electrons. The van der Waals surface area contributed by atoms with E-state index < -0.39 is 0 Å². The number of hydrogen-bond donors (Lipinski definition) is 2. The minimum Gasteiger partial charge on any atom is -0.467 e. The van der Waals surface area contributed by atoms with E-state index in [1.807, 2.05) is 86.6 Å². The van der Waals surface area contributed by atoms with Crippen LogP contribution in [0.25, 0.3) is 0 Å². The number of furan rings is 2. The molecule has 808 valence electrons. The first-order chi connectivity index (χ1) is 71.3. The first-order valence-corrected chi connectivity index (χ1v) is 51.8.